The van der Waals surface area contributed by atoms with Gasteiger partial charge in [0.15, 0.2) is 0 Å². The average molecular weight is 439 g/mol. The first-order valence-corrected chi connectivity index (χ1v) is 11.9. The Morgan fingerprint density at radius 2 is 1.72 bits per heavy atom. The zero-order valence-electron chi connectivity index (χ0n) is 16.5. The number of aliphatic hydroxyl groups is 1. The van der Waals surface area contributed by atoms with Crippen molar-refractivity contribution in [3.8, 4) is 5.75 Å². The maximum absolute atomic E-state index is 11.2. The summed E-state index contributed by atoms with van der Waals surface area (Å²) in [4.78, 5) is 2.34. The van der Waals surface area contributed by atoms with Gasteiger partial charge in [0.05, 0.1) is 18.5 Å². The molecule has 1 aliphatic heterocycles. The smallest absolute Gasteiger partial charge is 0.229 e. The number of rotatable bonds is 8. The zero-order chi connectivity index (χ0) is 20.9. The van der Waals surface area contributed by atoms with E-state index in [-0.39, 0.29) is 0 Å². The van der Waals surface area contributed by atoms with Crippen LogP contribution in [0.1, 0.15) is 24.8 Å². The van der Waals surface area contributed by atoms with Crippen LogP contribution in [0, 0.1) is 0 Å². The van der Waals surface area contributed by atoms with E-state index in [1.54, 1.807) is 24.3 Å². The first kappa shape index (κ1) is 21.9. The molecule has 2 aromatic carbocycles. The van der Waals surface area contributed by atoms with Crippen molar-refractivity contribution in [2.75, 3.05) is 37.2 Å². The van der Waals surface area contributed by atoms with Crippen LogP contribution >= 0.6 is 11.6 Å². The van der Waals surface area contributed by atoms with Gasteiger partial charge < -0.3 is 14.7 Å². The van der Waals surface area contributed by atoms with Crippen molar-refractivity contribution in [3.05, 3.63) is 59.1 Å². The Hall–Kier alpha value is -1.80. The second-order valence-electron chi connectivity index (χ2n) is 7.48. The van der Waals surface area contributed by atoms with Crippen molar-refractivity contribution in [2.45, 2.75) is 24.9 Å². The maximum atomic E-state index is 11.2. The third-order valence-electron chi connectivity index (χ3n) is 5.11. The molecule has 0 radical (unpaired) electrons. The van der Waals surface area contributed by atoms with E-state index in [4.69, 9.17) is 16.3 Å². The van der Waals surface area contributed by atoms with Gasteiger partial charge in [0, 0.05) is 30.3 Å². The standard InChI is InChI=1S/C21H27ClN2O4S/c1-29(26,27)23-19-7-9-20(10-8-19)28-16-2-13-24-14-11-21(25,12-15-24)17-3-5-18(22)6-4-17/h3-10,23,25H,2,11-16H2,1H3. The molecule has 2 aromatic rings. The highest BCUT2D eigenvalue weighted by Gasteiger charge is 2.33. The predicted molar refractivity (Wildman–Crippen MR) is 116 cm³/mol. The number of likely N-dealkylation sites (tertiary alicyclic amines) is 1. The van der Waals surface area contributed by atoms with E-state index >= 15 is 0 Å². The number of ether oxygens (including phenoxy) is 1. The van der Waals surface area contributed by atoms with Gasteiger partial charge in [-0.25, -0.2) is 8.42 Å². The van der Waals surface area contributed by atoms with Gasteiger partial charge in [-0.1, -0.05) is 23.7 Å². The summed E-state index contributed by atoms with van der Waals surface area (Å²) < 4.78 is 30.6. The van der Waals surface area contributed by atoms with Crippen LogP contribution in [-0.4, -0.2) is 50.9 Å². The topological polar surface area (TPSA) is 78.9 Å². The summed E-state index contributed by atoms with van der Waals surface area (Å²) in [7, 11) is -3.27. The Balaban J connectivity index is 1.38. The first-order valence-electron chi connectivity index (χ1n) is 9.65. The molecule has 8 heteroatoms. The van der Waals surface area contributed by atoms with E-state index in [0.717, 1.165) is 37.9 Å². The second kappa shape index (κ2) is 9.34. The predicted octanol–water partition coefficient (Wildman–Crippen LogP) is 3.46. The SMILES string of the molecule is CS(=O)(=O)Nc1ccc(OCCCN2CCC(O)(c3ccc(Cl)cc3)CC2)cc1. The third-order valence-corrected chi connectivity index (χ3v) is 5.97. The summed E-state index contributed by atoms with van der Waals surface area (Å²) in [5.41, 5.74) is 0.666. The Labute approximate surface area is 177 Å². The number of nitrogens with zero attached hydrogens (tertiary/aromatic N) is 1. The molecule has 1 aliphatic rings. The maximum Gasteiger partial charge on any atom is 0.229 e. The third kappa shape index (κ3) is 6.60. The van der Waals surface area contributed by atoms with Gasteiger partial charge in [0.1, 0.15) is 5.75 Å². The van der Waals surface area contributed by atoms with Gasteiger partial charge in [-0.05, 0) is 61.2 Å². The Morgan fingerprint density at radius 3 is 2.31 bits per heavy atom. The van der Waals surface area contributed by atoms with Crippen LogP contribution in [0.25, 0.3) is 0 Å². The molecule has 158 valence electrons. The molecule has 29 heavy (non-hydrogen) atoms. The van der Waals surface area contributed by atoms with Gasteiger partial charge in [0.25, 0.3) is 0 Å². The van der Waals surface area contributed by atoms with Crippen molar-refractivity contribution in [3.63, 3.8) is 0 Å². The number of anilines is 1. The van der Waals surface area contributed by atoms with Crippen molar-refractivity contribution < 1.29 is 18.3 Å². The van der Waals surface area contributed by atoms with Crippen LogP contribution in [0.2, 0.25) is 5.02 Å². The monoisotopic (exact) mass is 438 g/mol. The minimum atomic E-state index is -3.27. The van der Waals surface area contributed by atoms with Gasteiger partial charge in [-0.15, -0.1) is 0 Å². The highest BCUT2D eigenvalue weighted by atomic mass is 35.5. The molecule has 1 heterocycles. The first-order chi connectivity index (χ1) is 13.7. The van der Waals surface area contributed by atoms with Crippen molar-refractivity contribution in [1.29, 1.82) is 0 Å². The lowest BCUT2D eigenvalue weighted by Crippen LogP contribution is -2.43. The highest BCUT2D eigenvalue weighted by Crippen LogP contribution is 2.33. The number of benzene rings is 2. The molecule has 0 saturated carbocycles. The van der Waals surface area contributed by atoms with Crippen LogP contribution < -0.4 is 9.46 Å². The Bertz CT molecular complexity index is 893. The lowest BCUT2D eigenvalue weighted by Gasteiger charge is -2.38. The molecule has 0 amide bonds. The quantitative estimate of drug-likeness (QED) is 0.617. The summed E-state index contributed by atoms with van der Waals surface area (Å²) in [5, 5.41) is 11.6. The lowest BCUT2D eigenvalue weighted by molar-refractivity contribution is -0.0264. The number of hydrogen-bond donors (Lipinski definition) is 2. The van der Waals surface area contributed by atoms with E-state index < -0.39 is 15.6 Å². The molecule has 1 fully saturated rings. The normalized spacial score (nSPS) is 17.1. The summed E-state index contributed by atoms with van der Waals surface area (Å²) in [5.74, 6) is 0.708. The molecule has 0 unspecified atom stereocenters. The molecule has 3 rings (SSSR count). The fourth-order valence-electron chi connectivity index (χ4n) is 3.51. The largest absolute Gasteiger partial charge is 0.494 e. The molecular formula is C21H27ClN2O4S. The molecule has 0 aromatic heterocycles. The molecule has 0 aliphatic carbocycles. The number of sulfonamides is 1. The molecule has 0 spiro atoms. The minimum absolute atomic E-state index is 0.515. The zero-order valence-corrected chi connectivity index (χ0v) is 18.0. The van der Waals surface area contributed by atoms with Crippen LogP contribution in [0.4, 0.5) is 5.69 Å². The van der Waals surface area contributed by atoms with E-state index in [1.165, 1.54) is 0 Å². The number of halogens is 1. The Morgan fingerprint density at radius 1 is 1.10 bits per heavy atom. The summed E-state index contributed by atoms with van der Waals surface area (Å²) in [6.07, 6.45) is 3.39. The lowest BCUT2D eigenvalue weighted by atomic mass is 9.84. The van der Waals surface area contributed by atoms with Crippen LogP contribution in [0.5, 0.6) is 5.75 Å². The van der Waals surface area contributed by atoms with Crippen LogP contribution in [0.15, 0.2) is 48.5 Å². The van der Waals surface area contributed by atoms with Crippen molar-refractivity contribution in [1.82, 2.24) is 4.90 Å². The number of piperidine rings is 1. The fraction of sp³-hybridized carbons (Fsp3) is 0.429. The second-order valence-corrected chi connectivity index (χ2v) is 9.67. The van der Waals surface area contributed by atoms with Crippen LogP contribution in [0.3, 0.4) is 0 Å². The van der Waals surface area contributed by atoms with Gasteiger partial charge in [-0.3, -0.25) is 4.72 Å². The molecule has 6 nitrogen and oxygen atoms in total. The molecule has 0 atom stereocenters. The van der Waals surface area contributed by atoms with Crippen molar-refractivity contribution >= 4 is 27.3 Å². The van der Waals surface area contributed by atoms with E-state index in [2.05, 4.69) is 9.62 Å². The highest BCUT2D eigenvalue weighted by molar-refractivity contribution is 7.92. The van der Waals surface area contributed by atoms with E-state index in [0.29, 0.717) is 35.9 Å². The van der Waals surface area contributed by atoms with E-state index in [1.807, 2.05) is 24.3 Å². The molecule has 1 saturated heterocycles. The van der Waals surface area contributed by atoms with Crippen molar-refractivity contribution in [2.24, 2.45) is 0 Å². The average Bonchev–Trinajstić information content (AvgIpc) is 2.67. The van der Waals surface area contributed by atoms with Gasteiger partial charge >= 0.3 is 0 Å². The van der Waals surface area contributed by atoms with E-state index in [9.17, 15) is 13.5 Å². The van der Waals surface area contributed by atoms with Gasteiger partial charge in [0.2, 0.25) is 10.0 Å². The van der Waals surface area contributed by atoms with Crippen LogP contribution in [-0.2, 0) is 15.6 Å². The number of nitrogens with one attached hydrogen (secondary N) is 1. The molecule has 0 bridgehead atoms. The van der Waals surface area contributed by atoms with Gasteiger partial charge in [-0.2, -0.15) is 0 Å². The summed E-state index contributed by atoms with van der Waals surface area (Å²) >= 11 is 5.94. The number of hydrogen-bond acceptors (Lipinski definition) is 5. The fourth-order valence-corrected chi connectivity index (χ4v) is 4.20. The summed E-state index contributed by atoms with van der Waals surface area (Å²) in [6.45, 7) is 3.16. The Kier molecular flexibility index (Phi) is 7.05. The molecule has 2 N–H and O–H groups in total. The molecular weight excluding hydrogens is 412 g/mol. The summed E-state index contributed by atoms with van der Waals surface area (Å²) in [6, 6.07) is 14.3. The minimum Gasteiger partial charge on any atom is -0.494 e.